The predicted octanol–water partition coefficient (Wildman–Crippen LogP) is 3.90. The summed E-state index contributed by atoms with van der Waals surface area (Å²) < 4.78 is 0.966. The molecule has 0 aliphatic carbocycles. The third kappa shape index (κ3) is 2.36. The van der Waals surface area contributed by atoms with E-state index in [0.29, 0.717) is 0 Å². The molecule has 3 heteroatoms. The molecule has 0 bridgehead atoms. The van der Waals surface area contributed by atoms with Crippen molar-refractivity contribution in [2.24, 2.45) is 0 Å². The van der Waals surface area contributed by atoms with Crippen molar-refractivity contribution in [3.05, 3.63) is 52.6 Å². The normalized spacial score (nSPS) is 10.0. The van der Waals surface area contributed by atoms with Crippen LogP contribution in [0.25, 0.3) is 0 Å². The van der Waals surface area contributed by atoms with Gasteiger partial charge in [0.15, 0.2) is 0 Å². The minimum Gasteiger partial charge on any atom is -0.339 e. The monoisotopic (exact) mass is 262 g/mol. The first-order chi connectivity index (χ1) is 7.27. The van der Waals surface area contributed by atoms with Crippen molar-refractivity contribution in [1.29, 1.82) is 0 Å². The maximum Gasteiger partial charge on any atom is 0.144 e. The number of halogens is 1. The Morgan fingerprint density at radius 3 is 2.67 bits per heavy atom. The second-order valence-corrected chi connectivity index (χ2v) is 4.13. The number of aromatic nitrogens is 1. The molecule has 0 fully saturated rings. The lowest BCUT2D eigenvalue weighted by atomic mass is 10.2. The molecular weight excluding hydrogens is 252 g/mol. The average molecular weight is 263 g/mol. The van der Waals surface area contributed by atoms with Gasteiger partial charge in [-0.1, -0.05) is 18.2 Å². The topological polar surface area (TPSA) is 24.9 Å². The molecule has 76 valence electrons. The van der Waals surface area contributed by atoms with Gasteiger partial charge in [-0.2, -0.15) is 0 Å². The SMILES string of the molecule is Cc1ccccc1Nc1ncccc1Br. The molecule has 0 unspecified atom stereocenters. The third-order valence-corrected chi connectivity index (χ3v) is 2.80. The minimum absolute atomic E-state index is 0.840. The Bertz CT molecular complexity index is 425. The molecule has 15 heavy (non-hydrogen) atoms. The molecule has 0 saturated heterocycles. The maximum atomic E-state index is 4.26. The van der Waals surface area contributed by atoms with Crippen LogP contribution in [0.5, 0.6) is 0 Å². The minimum atomic E-state index is 0.840. The highest BCUT2D eigenvalue weighted by atomic mass is 79.9. The van der Waals surface area contributed by atoms with E-state index in [4.69, 9.17) is 0 Å². The second-order valence-electron chi connectivity index (χ2n) is 3.27. The highest BCUT2D eigenvalue weighted by Gasteiger charge is 2.01. The molecule has 1 heterocycles. The standard InChI is InChI=1S/C12H11BrN2/c1-9-5-2-3-7-11(9)15-12-10(13)6-4-8-14-12/h2-8H,1H3,(H,14,15). The molecule has 0 saturated carbocycles. The lowest BCUT2D eigenvalue weighted by Crippen LogP contribution is -1.95. The van der Waals surface area contributed by atoms with Gasteiger partial charge in [0.25, 0.3) is 0 Å². The lowest BCUT2D eigenvalue weighted by Gasteiger charge is -2.09. The molecule has 0 aliphatic heterocycles. The average Bonchev–Trinajstić information content (AvgIpc) is 2.24. The zero-order valence-electron chi connectivity index (χ0n) is 8.37. The Labute approximate surface area is 97.5 Å². The van der Waals surface area contributed by atoms with Crippen LogP contribution >= 0.6 is 15.9 Å². The van der Waals surface area contributed by atoms with Crippen LogP contribution in [0.3, 0.4) is 0 Å². The fourth-order valence-corrected chi connectivity index (χ4v) is 1.67. The highest BCUT2D eigenvalue weighted by molar-refractivity contribution is 9.10. The molecule has 0 amide bonds. The van der Waals surface area contributed by atoms with Crippen LogP contribution in [0, 0.1) is 6.92 Å². The summed E-state index contributed by atoms with van der Waals surface area (Å²) in [6, 6.07) is 12.0. The summed E-state index contributed by atoms with van der Waals surface area (Å²) in [6.07, 6.45) is 1.77. The van der Waals surface area contributed by atoms with Gasteiger partial charge in [-0.05, 0) is 46.6 Å². The van der Waals surface area contributed by atoms with Gasteiger partial charge >= 0.3 is 0 Å². The zero-order valence-corrected chi connectivity index (χ0v) is 9.95. The zero-order chi connectivity index (χ0) is 10.7. The predicted molar refractivity (Wildman–Crippen MR) is 66.4 cm³/mol. The molecule has 2 nitrogen and oxygen atoms in total. The Hall–Kier alpha value is -1.35. The molecular formula is C12H11BrN2. The van der Waals surface area contributed by atoms with Crippen LogP contribution in [0.1, 0.15) is 5.56 Å². The molecule has 0 aliphatic rings. The Kier molecular flexibility index (Phi) is 3.02. The number of nitrogens with one attached hydrogen (secondary N) is 1. The highest BCUT2D eigenvalue weighted by Crippen LogP contribution is 2.24. The molecule has 0 spiro atoms. The molecule has 2 rings (SSSR count). The molecule has 0 atom stereocenters. The number of para-hydroxylation sites is 1. The van der Waals surface area contributed by atoms with Gasteiger partial charge in [0.2, 0.25) is 0 Å². The van der Waals surface area contributed by atoms with Gasteiger partial charge in [0, 0.05) is 11.9 Å². The quantitative estimate of drug-likeness (QED) is 0.888. The number of rotatable bonds is 2. The molecule has 2 aromatic rings. The largest absolute Gasteiger partial charge is 0.339 e. The lowest BCUT2D eigenvalue weighted by molar-refractivity contribution is 1.28. The fraction of sp³-hybridized carbons (Fsp3) is 0.0833. The van der Waals surface area contributed by atoms with Crippen molar-refractivity contribution in [2.75, 3.05) is 5.32 Å². The van der Waals surface area contributed by atoms with E-state index >= 15 is 0 Å². The van der Waals surface area contributed by atoms with Crippen LogP contribution in [-0.4, -0.2) is 4.98 Å². The number of nitrogens with zero attached hydrogens (tertiary/aromatic N) is 1. The van der Waals surface area contributed by atoms with E-state index in [2.05, 4.69) is 39.2 Å². The van der Waals surface area contributed by atoms with E-state index in [0.717, 1.165) is 16.0 Å². The number of anilines is 2. The molecule has 1 N–H and O–H groups in total. The Morgan fingerprint density at radius 1 is 1.13 bits per heavy atom. The Morgan fingerprint density at radius 2 is 1.93 bits per heavy atom. The fourth-order valence-electron chi connectivity index (χ4n) is 1.32. The van der Waals surface area contributed by atoms with Crippen LogP contribution in [0.2, 0.25) is 0 Å². The van der Waals surface area contributed by atoms with Crippen LogP contribution < -0.4 is 5.32 Å². The molecule has 1 aromatic carbocycles. The van der Waals surface area contributed by atoms with Crippen molar-refractivity contribution in [1.82, 2.24) is 4.98 Å². The number of pyridine rings is 1. The van der Waals surface area contributed by atoms with Crippen molar-refractivity contribution in [3.63, 3.8) is 0 Å². The molecule has 1 aromatic heterocycles. The second kappa shape index (κ2) is 4.45. The summed E-state index contributed by atoms with van der Waals surface area (Å²) in [5.41, 5.74) is 2.28. The number of hydrogen-bond donors (Lipinski definition) is 1. The van der Waals surface area contributed by atoms with E-state index < -0.39 is 0 Å². The first-order valence-corrected chi connectivity index (χ1v) is 5.50. The van der Waals surface area contributed by atoms with Crippen molar-refractivity contribution in [2.45, 2.75) is 6.92 Å². The van der Waals surface area contributed by atoms with E-state index in [1.54, 1.807) is 6.20 Å². The number of aryl methyl sites for hydroxylation is 1. The summed E-state index contributed by atoms with van der Waals surface area (Å²) in [5, 5.41) is 3.28. The van der Waals surface area contributed by atoms with Gasteiger partial charge in [-0.3, -0.25) is 0 Å². The van der Waals surface area contributed by atoms with Crippen LogP contribution in [-0.2, 0) is 0 Å². The van der Waals surface area contributed by atoms with Gasteiger partial charge < -0.3 is 5.32 Å². The summed E-state index contributed by atoms with van der Waals surface area (Å²) in [5.74, 6) is 0.840. The van der Waals surface area contributed by atoms with Crippen molar-refractivity contribution in [3.8, 4) is 0 Å². The smallest absolute Gasteiger partial charge is 0.144 e. The van der Waals surface area contributed by atoms with E-state index in [1.165, 1.54) is 5.56 Å². The first kappa shape index (κ1) is 10.2. The van der Waals surface area contributed by atoms with Crippen molar-refractivity contribution < 1.29 is 0 Å². The summed E-state index contributed by atoms with van der Waals surface area (Å²) in [6.45, 7) is 2.07. The molecule has 0 radical (unpaired) electrons. The summed E-state index contributed by atoms with van der Waals surface area (Å²) in [4.78, 5) is 4.26. The van der Waals surface area contributed by atoms with Gasteiger partial charge in [0.1, 0.15) is 5.82 Å². The summed E-state index contributed by atoms with van der Waals surface area (Å²) in [7, 11) is 0. The maximum absolute atomic E-state index is 4.26. The van der Waals surface area contributed by atoms with E-state index in [-0.39, 0.29) is 0 Å². The van der Waals surface area contributed by atoms with E-state index in [1.807, 2.05) is 30.3 Å². The third-order valence-electron chi connectivity index (χ3n) is 2.16. The van der Waals surface area contributed by atoms with Gasteiger partial charge in [0.05, 0.1) is 4.47 Å². The summed E-state index contributed by atoms with van der Waals surface area (Å²) >= 11 is 3.45. The van der Waals surface area contributed by atoms with Crippen LogP contribution in [0.15, 0.2) is 47.1 Å². The Balaban J connectivity index is 2.30. The van der Waals surface area contributed by atoms with Crippen LogP contribution in [0.4, 0.5) is 11.5 Å². The van der Waals surface area contributed by atoms with Crippen molar-refractivity contribution >= 4 is 27.4 Å². The number of benzene rings is 1. The first-order valence-electron chi connectivity index (χ1n) is 4.70. The van der Waals surface area contributed by atoms with Gasteiger partial charge in [-0.25, -0.2) is 4.98 Å². The number of hydrogen-bond acceptors (Lipinski definition) is 2. The van der Waals surface area contributed by atoms with Gasteiger partial charge in [-0.15, -0.1) is 0 Å². The van der Waals surface area contributed by atoms with E-state index in [9.17, 15) is 0 Å².